The molecule has 1 aliphatic rings. The summed E-state index contributed by atoms with van der Waals surface area (Å²) in [5, 5.41) is 13.0. The van der Waals surface area contributed by atoms with E-state index in [1.807, 2.05) is 31.2 Å². The number of anilines is 1. The normalized spacial score (nSPS) is 17.2. The van der Waals surface area contributed by atoms with Crippen LogP contribution in [0.3, 0.4) is 0 Å². The van der Waals surface area contributed by atoms with Crippen molar-refractivity contribution in [1.82, 2.24) is 4.90 Å². The molecule has 1 heterocycles. The molecule has 1 amide bonds. The number of benzene rings is 2. The van der Waals surface area contributed by atoms with E-state index in [-0.39, 0.29) is 11.9 Å². The van der Waals surface area contributed by atoms with E-state index in [2.05, 4.69) is 10.2 Å². The Hall–Kier alpha value is -2.04. The summed E-state index contributed by atoms with van der Waals surface area (Å²) < 4.78 is 0. The molecule has 5 heteroatoms. The van der Waals surface area contributed by atoms with Crippen LogP contribution in [0.1, 0.15) is 31.2 Å². The first-order chi connectivity index (χ1) is 12.0. The molecule has 25 heavy (non-hydrogen) atoms. The fraction of sp³-hybridized carbons (Fsp3) is 0.350. The summed E-state index contributed by atoms with van der Waals surface area (Å²) in [7, 11) is 0. The van der Waals surface area contributed by atoms with Crippen LogP contribution in [0, 0.1) is 0 Å². The lowest BCUT2D eigenvalue weighted by Crippen LogP contribution is -2.45. The van der Waals surface area contributed by atoms with Gasteiger partial charge in [-0.3, -0.25) is 9.69 Å². The number of hydrogen-bond acceptors (Lipinski definition) is 3. The van der Waals surface area contributed by atoms with E-state index in [0.29, 0.717) is 16.7 Å². The lowest BCUT2D eigenvalue weighted by molar-refractivity contribution is -0.121. The Morgan fingerprint density at radius 2 is 1.88 bits per heavy atom. The van der Waals surface area contributed by atoms with Gasteiger partial charge in [0.1, 0.15) is 5.75 Å². The molecule has 1 saturated heterocycles. The number of hydrogen-bond donors (Lipinski definition) is 2. The van der Waals surface area contributed by atoms with Crippen molar-refractivity contribution in [2.75, 3.05) is 18.4 Å². The average Bonchev–Trinajstić information content (AvgIpc) is 2.62. The maximum Gasteiger partial charge on any atom is 0.241 e. The number of halogens is 1. The minimum absolute atomic E-state index is 0.00894. The van der Waals surface area contributed by atoms with Crippen LogP contribution in [0.5, 0.6) is 5.75 Å². The fourth-order valence-electron chi connectivity index (χ4n) is 3.35. The number of carbonyl (C=O) groups is 1. The molecule has 0 spiro atoms. The molecule has 1 unspecified atom stereocenters. The maximum absolute atomic E-state index is 12.5. The minimum atomic E-state index is -0.181. The Morgan fingerprint density at radius 1 is 1.20 bits per heavy atom. The predicted molar refractivity (Wildman–Crippen MR) is 101 cm³/mol. The van der Waals surface area contributed by atoms with Crippen LogP contribution in [0.15, 0.2) is 48.5 Å². The van der Waals surface area contributed by atoms with Crippen LogP contribution >= 0.6 is 11.6 Å². The molecule has 1 fully saturated rings. The van der Waals surface area contributed by atoms with Gasteiger partial charge >= 0.3 is 0 Å². The average molecular weight is 359 g/mol. The summed E-state index contributed by atoms with van der Waals surface area (Å²) >= 11 is 5.96. The van der Waals surface area contributed by atoms with Gasteiger partial charge < -0.3 is 10.4 Å². The van der Waals surface area contributed by atoms with Crippen molar-refractivity contribution in [1.29, 1.82) is 0 Å². The quantitative estimate of drug-likeness (QED) is 0.858. The SMILES string of the molecule is CC(C(=O)Nc1cccc(Cl)c1)N1CCC(c2ccc(O)cc2)CC1. The van der Waals surface area contributed by atoms with Gasteiger partial charge in [-0.25, -0.2) is 0 Å². The summed E-state index contributed by atoms with van der Waals surface area (Å²) in [6.07, 6.45) is 2.03. The third-order valence-electron chi connectivity index (χ3n) is 4.91. The van der Waals surface area contributed by atoms with Gasteiger partial charge in [0.15, 0.2) is 0 Å². The number of phenols is 1. The smallest absolute Gasteiger partial charge is 0.241 e. The number of phenolic OH excluding ortho intramolecular Hbond substituents is 1. The molecule has 2 aromatic carbocycles. The van der Waals surface area contributed by atoms with Crippen molar-refractivity contribution in [3.05, 3.63) is 59.1 Å². The Balaban J connectivity index is 1.54. The summed E-state index contributed by atoms with van der Waals surface area (Å²) in [5.74, 6) is 0.776. The van der Waals surface area contributed by atoms with Crippen LogP contribution in [0.4, 0.5) is 5.69 Å². The summed E-state index contributed by atoms with van der Waals surface area (Å²) in [6.45, 7) is 3.71. The minimum Gasteiger partial charge on any atom is -0.508 e. The van der Waals surface area contributed by atoms with Crippen molar-refractivity contribution < 1.29 is 9.90 Å². The Labute approximate surface area is 153 Å². The van der Waals surface area contributed by atoms with Crippen LogP contribution in [0.2, 0.25) is 5.02 Å². The van der Waals surface area contributed by atoms with Gasteiger partial charge in [-0.2, -0.15) is 0 Å². The standard InChI is InChI=1S/C20H23ClN2O2/c1-14(20(25)22-18-4-2-3-17(21)13-18)23-11-9-16(10-12-23)15-5-7-19(24)8-6-15/h2-8,13-14,16,24H,9-12H2,1H3,(H,22,25). The first-order valence-corrected chi connectivity index (χ1v) is 9.00. The number of rotatable bonds is 4. The van der Waals surface area contributed by atoms with Crippen LogP contribution in [-0.2, 0) is 4.79 Å². The van der Waals surface area contributed by atoms with Crippen LogP contribution in [-0.4, -0.2) is 35.0 Å². The maximum atomic E-state index is 12.5. The number of nitrogens with zero attached hydrogens (tertiary/aromatic N) is 1. The number of nitrogens with one attached hydrogen (secondary N) is 1. The van der Waals surface area contributed by atoms with E-state index in [0.717, 1.165) is 31.6 Å². The van der Waals surface area contributed by atoms with Crippen LogP contribution in [0.25, 0.3) is 0 Å². The van der Waals surface area contributed by atoms with E-state index in [1.165, 1.54) is 5.56 Å². The molecular formula is C20H23ClN2O2. The molecule has 2 N–H and O–H groups in total. The third kappa shape index (κ3) is 4.53. The highest BCUT2D eigenvalue weighted by Crippen LogP contribution is 2.30. The van der Waals surface area contributed by atoms with E-state index in [1.54, 1.807) is 24.3 Å². The second-order valence-electron chi connectivity index (χ2n) is 6.58. The zero-order valence-electron chi connectivity index (χ0n) is 14.3. The van der Waals surface area contributed by atoms with Crippen molar-refractivity contribution in [2.24, 2.45) is 0 Å². The number of piperidine rings is 1. The van der Waals surface area contributed by atoms with Gasteiger partial charge in [0.05, 0.1) is 6.04 Å². The zero-order chi connectivity index (χ0) is 17.8. The van der Waals surface area contributed by atoms with Crippen molar-refractivity contribution in [3.63, 3.8) is 0 Å². The highest BCUT2D eigenvalue weighted by atomic mass is 35.5. The third-order valence-corrected chi connectivity index (χ3v) is 5.15. The zero-order valence-corrected chi connectivity index (χ0v) is 15.0. The molecule has 1 atom stereocenters. The Bertz CT molecular complexity index is 725. The van der Waals surface area contributed by atoms with Crippen molar-refractivity contribution in [3.8, 4) is 5.75 Å². The van der Waals surface area contributed by atoms with E-state index < -0.39 is 0 Å². The molecule has 2 aromatic rings. The number of carbonyl (C=O) groups excluding carboxylic acids is 1. The van der Waals surface area contributed by atoms with Crippen LogP contribution < -0.4 is 5.32 Å². The van der Waals surface area contributed by atoms with E-state index in [9.17, 15) is 9.90 Å². The summed E-state index contributed by atoms with van der Waals surface area (Å²) in [6, 6.07) is 14.5. The monoisotopic (exact) mass is 358 g/mol. The number of aromatic hydroxyl groups is 1. The van der Waals surface area contributed by atoms with Gasteiger partial charge in [-0.05, 0) is 74.7 Å². The fourth-order valence-corrected chi connectivity index (χ4v) is 3.54. The topological polar surface area (TPSA) is 52.6 Å². The predicted octanol–water partition coefficient (Wildman–Crippen LogP) is 4.25. The Kier molecular flexibility index (Phi) is 5.61. The molecule has 0 aromatic heterocycles. The summed E-state index contributed by atoms with van der Waals surface area (Å²) in [4.78, 5) is 14.7. The molecule has 0 bridgehead atoms. The summed E-state index contributed by atoms with van der Waals surface area (Å²) in [5.41, 5.74) is 1.98. The lowest BCUT2D eigenvalue weighted by Gasteiger charge is -2.35. The van der Waals surface area contributed by atoms with Gasteiger partial charge in [0.25, 0.3) is 0 Å². The van der Waals surface area contributed by atoms with Gasteiger partial charge in [-0.15, -0.1) is 0 Å². The second-order valence-corrected chi connectivity index (χ2v) is 7.01. The highest BCUT2D eigenvalue weighted by Gasteiger charge is 2.27. The second kappa shape index (κ2) is 7.89. The number of likely N-dealkylation sites (tertiary alicyclic amines) is 1. The molecule has 0 aliphatic carbocycles. The van der Waals surface area contributed by atoms with E-state index in [4.69, 9.17) is 11.6 Å². The molecule has 4 nitrogen and oxygen atoms in total. The van der Waals surface area contributed by atoms with E-state index >= 15 is 0 Å². The van der Waals surface area contributed by atoms with Crippen molar-refractivity contribution in [2.45, 2.75) is 31.7 Å². The molecule has 0 radical (unpaired) electrons. The molecule has 132 valence electrons. The molecule has 0 saturated carbocycles. The van der Waals surface area contributed by atoms with Crippen molar-refractivity contribution >= 4 is 23.2 Å². The Morgan fingerprint density at radius 3 is 2.52 bits per heavy atom. The molecule has 3 rings (SSSR count). The van der Waals surface area contributed by atoms with Gasteiger partial charge in [-0.1, -0.05) is 29.8 Å². The lowest BCUT2D eigenvalue weighted by atomic mass is 9.89. The first kappa shape index (κ1) is 17.8. The number of amides is 1. The van der Waals surface area contributed by atoms with Gasteiger partial charge in [0, 0.05) is 10.7 Å². The molecular weight excluding hydrogens is 336 g/mol. The van der Waals surface area contributed by atoms with Gasteiger partial charge in [0.2, 0.25) is 5.91 Å². The largest absolute Gasteiger partial charge is 0.508 e. The first-order valence-electron chi connectivity index (χ1n) is 8.62. The molecule has 1 aliphatic heterocycles. The highest BCUT2D eigenvalue weighted by molar-refractivity contribution is 6.30.